The van der Waals surface area contributed by atoms with Gasteiger partial charge in [-0.1, -0.05) is 0 Å². The van der Waals surface area contributed by atoms with Crippen LogP contribution in [0.15, 0.2) is 24.5 Å². The van der Waals surface area contributed by atoms with E-state index in [0.29, 0.717) is 18.9 Å². The molecule has 18 heavy (non-hydrogen) atoms. The van der Waals surface area contributed by atoms with Crippen molar-refractivity contribution >= 4 is 0 Å². The van der Waals surface area contributed by atoms with Gasteiger partial charge in [0.15, 0.2) is 5.82 Å². The van der Waals surface area contributed by atoms with Gasteiger partial charge in [-0.25, -0.2) is 4.39 Å². The maximum Gasteiger partial charge on any atom is 0.170 e. The predicted octanol–water partition coefficient (Wildman–Crippen LogP) is 1.25. The highest BCUT2D eigenvalue weighted by Gasteiger charge is 2.07. The first-order valence-electron chi connectivity index (χ1n) is 5.59. The highest BCUT2D eigenvalue weighted by molar-refractivity contribution is 5.33. The molecule has 0 aliphatic carbocycles. The molecule has 5 nitrogen and oxygen atoms in total. The van der Waals surface area contributed by atoms with Gasteiger partial charge in [-0.3, -0.25) is 0 Å². The topological polar surface area (TPSA) is 52.0 Å². The lowest BCUT2D eigenvalue weighted by Crippen LogP contribution is -2.09. The molecule has 0 unspecified atom stereocenters. The summed E-state index contributed by atoms with van der Waals surface area (Å²) >= 11 is 0. The largest absolute Gasteiger partial charge is 0.485 e. The van der Waals surface area contributed by atoms with E-state index in [2.05, 4.69) is 15.5 Å². The van der Waals surface area contributed by atoms with Gasteiger partial charge in [-0.15, -0.1) is 10.2 Å². The average molecular weight is 250 g/mol. The van der Waals surface area contributed by atoms with Crippen LogP contribution in [-0.2, 0) is 20.2 Å². The summed E-state index contributed by atoms with van der Waals surface area (Å²) in [4.78, 5) is 0. The SMILES string of the molecule is CNCc1cc(F)ccc1OCc1nncn1C. The minimum Gasteiger partial charge on any atom is -0.485 e. The Labute approximate surface area is 105 Å². The summed E-state index contributed by atoms with van der Waals surface area (Å²) in [6.45, 7) is 0.852. The fourth-order valence-electron chi connectivity index (χ4n) is 1.60. The molecule has 0 aliphatic rings. The first kappa shape index (κ1) is 12.5. The summed E-state index contributed by atoms with van der Waals surface area (Å²) in [7, 11) is 3.65. The van der Waals surface area contributed by atoms with Crippen LogP contribution in [0.25, 0.3) is 0 Å². The van der Waals surface area contributed by atoms with Crippen molar-refractivity contribution < 1.29 is 9.13 Å². The van der Waals surface area contributed by atoms with Crippen molar-refractivity contribution in [2.45, 2.75) is 13.2 Å². The molecule has 6 heteroatoms. The van der Waals surface area contributed by atoms with E-state index >= 15 is 0 Å². The Bertz CT molecular complexity index is 527. The van der Waals surface area contributed by atoms with Gasteiger partial charge in [0, 0.05) is 19.2 Å². The van der Waals surface area contributed by atoms with Crippen molar-refractivity contribution in [3.8, 4) is 5.75 Å². The van der Waals surface area contributed by atoms with Crippen LogP contribution >= 0.6 is 0 Å². The van der Waals surface area contributed by atoms with Crippen molar-refractivity contribution in [1.29, 1.82) is 0 Å². The third-order valence-electron chi connectivity index (χ3n) is 2.55. The second kappa shape index (κ2) is 5.59. The minimum absolute atomic E-state index is 0.272. The highest BCUT2D eigenvalue weighted by atomic mass is 19.1. The summed E-state index contributed by atoms with van der Waals surface area (Å²) in [5.41, 5.74) is 0.777. The van der Waals surface area contributed by atoms with Gasteiger partial charge in [0.05, 0.1) is 0 Å². The monoisotopic (exact) mass is 250 g/mol. The van der Waals surface area contributed by atoms with Crippen LogP contribution in [0.5, 0.6) is 5.75 Å². The number of benzene rings is 1. The molecule has 0 atom stereocenters. The number of halogens is 1. The molecule has 2 aromatic rings. The average Bonchev–Trinajstić information content (AvgIpc) is 2.74. The lowest BCUT2D eigenvalue weighted by Gasteiger charge is -2.11. The molecule has 1 aromatic carbocycles. The van der Waals surface area contributed by atoms with Gasteiger partial charge in [0.2, 0.25) is 0 Å². The van der Waals surface area contributed by atoms with Crippen LogP contribution in [0.1, 0.15) is 11.4 Å². The molecular formula is C12H15FN4O. The number of aromatic nitrogens is 3. The van der Waals surface area contributed by atoms with Crippen molar-refractivity contribution in [2.24, 2.45) is 7.05 Å². The molecule has 0 amide bonds. The normalized spacial score (nSPS) is 10.6. The molecule has 0 fully saturated rings. The summed E-state index contributed by atoms with van der Waals surface area (Å²) in [6, 6.07) is 4.46. The summed E-state index contributed by atoms with van der Waals surface area (Å²) in [6.07, 6.45) is 1.61. The maximum atomic E-state index is 13.1. The van der Waals surface area contributed by atoms with Gasteiger partial charge < -0.3 is 14.6 Å². The molecule has 0 radical (unpaired) electrons. The smallest absolute Gasteiger partial charge is 0.170 e. The zero-order valence-corrected chi connectivity index (χ0v) is 10.4. The Morgan fingerprint density at radius 2 is 2.28 bits per heavy atom. The van der Waals surface area contributed by atoms with Crippen LogP contribution in [-0.4, -0.2) is 21.8 Å². The number of hydrogen-bond donors (Lipinski definition) is 1. The van der Waals surface area contributed by atoms with Crippen LogP contribution in [0.2, 0.25) is 0 Å². The first-order chi connectivity index (χ1) is 8.70. The number of nitrogens with one attached hydrogen (secondary N) is 1. The lowest BCUT2D eigenvalue weighted by molar-refractivity contribution is 0.287. The van der Waals surface area contributed by atoms with Crippen LogP contribution < -0.4 is 10.1 Å². The van der Waals surface area contributed by atoms with Crippen LogP contribution in [0.3, 0.4) is 0 Å². The summed E-state index contributed by atoms with van der Waals surface area (Å²) in [5.74, 6) is 1.09. The van der Waals surface area contributed by atoms with E-state index in [1.165, 1.54) is 12.1 Å². The van der Waals surface area contributed by atoms with Crippen molar-refractivity contribution in [3.63, 3.8) is 0 Å². The zero-order valence-electron chi connectivity index (χ0n) is 10.4. The van der Waals surface area contributed by atoms with Gasteiger partial charge in [0.1, 0.15) is 24.5 Å². The Kier molecular flexibility index (Phi) is 3.88. The molecule has 0 bridgehead atoms. The molecule has 0 spiro atoms. The van der Waals surface area contributed by atoms with Gasteiger partial charge in [-0.05, 0) is 25.2 Å². The maximum absolute atomic E-state index is 13.1. The zero-order chi connectivity index (χ0) is 13.0. The molecule has 1 heterocycles. The van der Waals surface area contributed by atoms with E-state index < -0.39 is 0 Å². The number of aryl methyl sites for hydroxylation is 1. The predicted molar refractivity (Wildman–Crippen MR) is 64.5 cm³/mol. The Morgan fingerprint density at radius 1 is 1.44 bits per heavy atom. The third kappa shape index (κ3) is 2.84. The van der Waals surface area contributed by atoms with Gasteiger partial charge >= 0.3 is 0 Å². The quantitative estimate of drug-likeness (QED) is 0.867. The summed E-state index contributed by atoms with van der Waals surface area (Å²) < 4.78 is 20.6. The number of nitrogens with zero attached hydrogens (tertiary/aromatic N) is 3. The first-order valence-corrected chi connectivity index (χ1v) is 5.59. The van der Waals surface area contributed by atoms with E-state index in [1.54, 1.807) is 24.0 Å². The fraction of sp³-hybridized carbons (Fsp3) is 0.333. The molecule has 0 aliphatic heterocycles. The van der Waals surface area contributed by atoms with Gasteiger partial charge in [0.25, 0.3) is 0 Å². The van der Waals surface area contributed by atoms with E-state index in [0.717, 1.165) is 11.4 Å². The van der Waals surface area contributed by atoms with Gasteiger partial charge in [-0.2, -0.15) is 0 Å². The second-order valence-corrected chi connectivity index (χ2v) is 3.93. The molecule has 2 rings (SSSR count). The Morgan fingerprint density at radius 3 is 2.94 bits per heavy atom. The van der Waals surface area contributed by atoms with Crippen molar-refractivity contribution in [1.82, 2.24) is 20.1 Å². The number of rotatable bonds is 5. The van der Waals surface area contributed by atoms with E-state index in [4.69, 9.17) is 4.74 Å². The molecule has 0 saturated heterocycles. The Hall–Kier alpha value is -1.95. The van der Waals surface area contributed by atoms with Crippen molar-refractivity contribution in [2.75, 3.05) is 7.05 Å². The Balaban J connectivity index is 2.11. The van der Waals surface area contributed by atoms with Crippen LogP contribution in [0, 0.1) is 5.82 Å². The highest BCUT2D eigenvalue weighted by Crippen LogP contribution is 2.20. The summed E-state index contributed by atoms with van der Waals surface area (Å²) in [5, 5.41) is 10.7. The molecular weight excluding hydrogens is 235 g/mol. The second-order valence-electron chi connectivity index (χ2n) is 3.93. The number of hydrogen-bond acceptors (Lipinski definition) is 4. The lowest BCUT2D eigenvalue weighted by atomic mass is 10.2. The molecule has 1 aromatic heterocycles. The van der Waals surface area contributed by atoms with Crippen LogP contribution in [0.4, 0.5) is 4.39 Å². The number of ether oxygens (including phenoxy) is 1. The standard InChI is InChI=1S/C12H15FN4O/c1-14-6-9-5-10(13)3-4-11(9)18-7-12-16-15-8-17(12)2/h3-5,8,14H,6-7H2,1-2H3. The van der Waals surface area contributed by atoms with E-state index in [9.17, 15) is 4.39 Å². The fourth-order valence-corrected chi connectivity index (χ4v) is 1.60. The van der Waals surface area contributed by atoms with E-state index in [1.807, 2.05) is 7.05 Å². The minimum atomic E-state index is -0.272. The third-order valence-corrected chi connectivity index (χ3v) is 2.55. The van der Waals surface area contributed by atoms with E-state index in [-0.39, 0.29) is 5.82 Å². The molecule has 96 valence electrons. The van der Waals surface area contributed by atoms with Crippen molar-refractivity contribution in [3.05, 3.63) is 41.7 Å². The molecule has 1 N–H and O–H groups in total. The molecule has 0 saturated carbocycles.